The Morgan fingerprint density at radius 3 is 3.00 bits per heavy atom. The number of aliphatic imine (C=N–C) groups is 1. The molecule has 0 bridgehead atoms. The second-order valence-electron chi connectivity index (χ2n) is 3.03. The zero-order valence-electron chi connectivity index (χ0n) is 7.73. The number of rotatable bonds is 3. The summed E-state index contributed by atoms with van der Waals surface area (Å²) in [7, 11) is 0. The van der Waals surface area contributed by atoms with E-state index >= 15 is 0 Å². The van der Waals surface area contributed by atoms with Crippen LogP contribution in [0.3, 0.4) is 0 Å². The van der Waals surface area contributed by atoms with Gasteiger partial charge in [-0.2, -0.15) is 0 Å². The highest BCUT2D eigenvalue weighted by Gasteiger charge is 2.13. The van der Waals surface area contributed by atoms with Gasteiger partial charge in [-0.05, 0) is 11.6 Å². The largest absolute Gasteiger partial charge is 0.476 e. The lowest BCUT2D eigenvalue weighted by molar-refractivity contribution is 0.161. The minimum Gasteiger partial charge on any atom is -0.476 e. The molecule has 0 aliphatic carbocycles. The molecule has 1 aliphatic rings. The summed E-state index contributed by atoms with van der Waals surface area (Å²) in [6.07, 6.45) is 0. The highest BCUT2D eigenvalue weighted by molar-refractivity contribution is 5.96. The molecule has 0 aromatic heterocycles. The zero-order valence-corrected chi connectivity index (χ0v) is 7.73. The van der Waals surface area contributed by atoms with Gasteiger partial charge in [0.15, 0.2) is 0 Å². The Balaban J connectivity index is 2.31. The van der Waals surface area contributed by atoms with Crippen LogP contribution in [0.15, 0.2) is 29.3 Å². The maximum atomic E-state index is 8.66. The molecule has 0 saturated carbocycles. The van der Waals surface area contributed by atoms with Gasteiger partial charge in [-0.3, -0.25) is 0 Å². The first-order valence-electron chi connectivity index (χ1n) is 4.54. The van der Waals surface area contributed by atoms with Gasteiger partial charge in [0, 0.05) is 12.1 Å². The van der Waals surface area contributed by atoms with E-state index in [-0.39, 0.29) is 0 Å². The van der Waals surface area contributed by atoms with Crippen molar-refractivity contribution in [3.05, 3.63) is 35.4 Å². The Hall–Kier alpha value is -1.39. The summed E-state index contributed by atoms with van der Waals surface area (Å²) >= 11 is 0. The van der Waals surface area contributed by atoms with Crippen LogP contribution in [0.5, 0.6) is 0 Å². The van der Waals surface area contributed by atoms with Gasteiger partial charge in [0.2, 0.25) is 5.90 Å². The van der Waals surface area contributed by atoms with E-state index in [4.69, 9.17) is 9.94 Å². The zero-order chi connectivity index (χ0) is 9.80. The normalized spacial score (nSPS) is 15.1. The highest BCUT2D eigenvalue weighted by atomic mass is 16.5. The van der Waals surface area contributed by atoms with Crippen molar-refractivity contribution in [2.45, 2.75) is 6.54 Å². The fourth-order valence-corrected chi connectivity index (χ4v) is 1.47. The third-order valence-corrected chi connectivity index (χ3v) is 2.10. The van der Waals surface area contributed by atoms with Crippen LogP contribution < -0.4 is 5.48 Å². The van der Waals surface area contributed by atoms with Gasteiger partial charge in [0.1, 0.15) is 6.61 Å². The smallest absolute Gasteiger partial charge is 0.216 e. The van der Waals surface area contributed by atoms with Crippen molar-refractivity contribution in [3.63, 3.8) is 0 Å². The number of benzene rings is 1. The summed E-state index contributed by atoms with van der Waals surface area (Å²) in [5, 5.41) is 8.66. The fraction of sp³-hybridized carbons (Fsp3) is 0.300. The Labute approximate surface area is 82.2 Å². The van der Waals surface area contributed by atoms with E-state index in [0.717, 1.165) is 17.7 Å². The minimum absolute atomic E-state index is 0.401. The van der Waals surface area contributed by atoms with Gasteiger partial charge in [-0.15, -0.1) is 0 Å². The second-order valence-corrected chi connectivity index (χ2v) is 3.03. The monoisotopic (exact) mass is 192 g/mol. The molecule has 74 valence electrons. The molecule has 1 aliphatic heterocycles. The summed E-state index contributed by atoms with van der Waals surface area (Å²) in [6.45, 7) is 1.77. The SMILES string of the molecule is ONCc1ccccc1C1=NCCO1. The predicted molar refractivity (Wildman–Crippen MR) is 52.4 cm³/mol. The number of nitrogens with zero attached hydrogens (tertiary/aromatic N) is 1. The minimum atomic E-state index is 0.401. The lowest BCUT2D eigenvalue weighted by Crippen LogP contribution is -2.12. The van der Waals surface area contributed by atoms with Crippen LogP contribution in [-0.4, -0.2) is 24.3 Å². The Morgan fingerprint density at radius 2 is 2.29 bits per heavy atom. The maximum Gasteiger partial charge on any atom is 0.216 e. The first-order valence-corrected chi connectivity index (χ1v) is 4.54. The van der Waals surface area contributed by atoms with Crippen LogP contribution in [0, 0.1) is 0 Å². The Kier molecular flexibility index (Phi) is 2.76. The molecule has 0 saturated heterocycles. The van der Waals surface area contributed by atoms with Gasteiger partial charge < -0.3 is 9.94 Å². The number of ether oxygens (including phenoxy) is 1. The van der Waals surface area contributed by atoms with E-state index in [1.54, 1.807) is 0 Å². The third-order valence-electron chi connectivity index (χ3n) is 2.10. The molecule has 1 aromatic carbocycles. The molecule has 0 radical (unpaired) electrons. The van der Waals surface area contributed by atoms with Gasteiger partial charge in [0.05, 0.1) is 6.54 Å². The van der Waals surface area contributed by atoms with Crippen LogP contribution in [0.4, 0.5) is 0 Å². The van der Waals surface area contributed by atoms with E-state index in [2.05, 4.69) is 10.5 Å². The third kappa shape index (κ3) is 1.76. The van der Waals surface area contributed by atoms with E-state index in [1.165, 1.54) is 0 Å². The maximum absolute atomic E-state index is 8.66. The number of nitrogens with one attached hydrogen (secondary N) is 1. The Morgan fingerprint density at radius 1 is 1.43 bits per heavy atom. The molecule has 0 atom stereocenters. The Bertz CT molecular complexity index is 350. The second kappa shape index (κ2) is 4.21. The van der Waals surface area contributed by atoms with E-state index < -0.39 is 0 Å². The number of hydrogen-bond acceptors (Lipinski definition) is 4. The summed E-state index contributed by atoms with van der Waals surface area (Å²) in [6, 6.07) is 7.73. The standard InChI is InChI=1S/C10H12N2O2/c13-12-7-8-3-1-2-4-9(8)10-11-5-6-14-10/h1-4,12-13H,5-7H2. The molecule has 4 heteroatoms. The first-order chi connectivity index (χ1) is 6.92. The average Bonchev–Trinajstić information content (AvgIpc) is 2.72. The highest BCUT2D eigenvalue weighted by Crippen LogP contribution is 2.13. The molecular weight excluding hydrogens is 180 g/mol. The quantitative estimate of drug-likeness (QED) is 0.701. The number of hydrogen-bond donors (Lipinski definition) is 2. The van der Waals surface area contributed by atoms with Crippen molar-refractivity contribution in [3.8, 4) is 0 Å². The lowest BCUT2D eigenvalue weighted by atomic mass is 10.1. The predicted octanol–water partition coefficient (Wildman–Crippen LogP) is 0.942. The fourth-order valence-electron chi connectivity index (χ4n) is 1.47. The molecule has 0 spiro atoms. The molecule has 14 heavy (non-hydrogen) atoms. The molecule has 0 amide bonds. The van der Waals surface area contributed by atoms with Gasteiger partial charge in [-0.1, -0.05) is 18.2 Å². The van der Waals surface area contributed by atoms with Crippen LogP contribution in [0.1, 0.15) is 11.1 Å². The van der Waals surface area contributed by atoms with E-state index in [1.807, 2.05) is 24.3 Å². The van der Waals surface area contributed by atoms with Gasteiger partial charge in [0.25, 0.3) is 0 Å². The molecule has 0 unspecified atom stereocenters. The van der Waals surface area contributed by atoms with E-state index in [0.29, 0.717) is 19.0 Å². The lowest BCUT2D eigenvalue weighted by Gasteiger charge is -2.07. The average molecular weight is 192 g/mol. The topological polar surface area (TPSA) is 53.8 Å². The van der Waals surface area contributed by atoms with Crippen molar-refractivity contribution >= 4 is 5.90 Å². The van der Waals surface area contributed by atoms with Gasteiger partial charge >= 0.3 is 0 Å². The summed E-state index contributed by atoms with van der Waals surface area (Å²) < 4.78 is 5.37. The molecule has 1 aromatic rings. The molecule has 2 rings (SSSR count). The molecule has 2 N–H and O–H groups in total. The van der Waals surface area contributed by atoms with Crippen LogP contribution in [0.2, 0.25) is 0 Å². The summed E-state index contributed by atoms with van der Waals surface area (Å²) in [4.78, 5) is 4.23. The molecule has 0 fully saturated rings. The van der Waals surface area contributed by atoms with Crippen LogP contribution in [0.25, 0.3) is 0 Å². The van der Waals surface area contributed by atoms with E-state index in [9.17, 15) is 0 Å². The first kappa shape index (κ1) is 9.18. The number of hydroxylamine groups is 1. The molecular formula is C10H12N2O2. The van der Waals surface area contributed by atoms with Gasteiger partial charge in [-0.25, -0.2) is 10.5 Å². The van der Waals surface area contributed by atoms with Crippen molar-refractivity contribution in [2.75, 3.05) is 13.2 Å². The van der Waals surface area contributed by atoms with Crippen molar-refractivity contribution in [1.29, 1.82) is 0 Å². The van der Waals surface area contributed by atoms with Crippen LogP contribution >= 0.6 is 0 Å². The van der Waals surface area contributed by atoms with Crippen molar-refractivity contribution in [2.24, 2.45) is 4.99 Å². The van der Waals surface area contributed by atoms with Crippen molar-refractivity contribution in [1.82, 2.24) is 5.48 Å². The summed E-state index contributed by atoms with van der Waals surface area (Å²) in [5.41, 5.74) is 4.07. The molecule has 4 nitrogen and oxygen atoms in total. The van der Waals surface area contributed by atoms with Crippen LogP contribution in [-0.2, 0) is 11.3 Å². The van der Waals surface area contributed by atoms with Crippen molar-refractivity contribution < 1.29 is 9.94 Å². The molecule has 1 heterocycles. The summed E-state index contributed by atoms with van der Waals surface area (Å²) in [5.74, 6) is 0.677.